The van der Waals surface area contributed by atoms with Gasteiger partial charge in [-0.2, -0.15) is 4.98 Å². The molecule has 1 aromatic carbocycles. The highest BCUT2D eigenvalue weighted by molar-refractivity contribution is 8.00. The van der Waals surface area contributed by atoms with Crippen LogP contribution in [-0.4, -0.2) is 66.1 Å². The fraction of sp³-hybridized carbons (Fsp3) is 0.542. The van der Waals surface area contributed by atoms with Crippen molar-refractivity contribution in [1.29, 1.82) is 0 Å². The second-order valence-electron chi connectivity index (χ2n) is 8.36. The summed E-state index contributed by atoms with van der Waals surface area (Å²) in [7, 11) is 1.59. The van der Waals surface area contributed by atoms with Crippen LogP contribution in [0, 0.1) is 0 Å². The van der Waals surface area contributed by atoms with Gasteiger partial charge in [-0.15, -0.1) is 0 Å². The first kappa shape index (κ1) is 23.8. The van der Waals surface area contributed by atoms with Crippen molar-refractivity contribution in [3.63, 3.8) is 0 Å². The van der Waals surface area contributed by atoms with Gasteiger partial charge in [0.15, 0.2) is 0 Å². The maximum absolute atomic E-state index is 12.9. The molecule has 2 aliphatic rings. The third kappa shape index (κ3) is 6.37. The molecular formula is C24H32N4O4S. The van der Waals surface area contributed by atoms with Gasteiger partial charge in [-0.05, 0) is 44.2 Å². The lowest BCUT2D eigenvalue weighted by atomic mass is 9.97. The molecule has 0 spiro atoms. The molecular weight excluding hydrogens is 440 g/mol. The molecule has 1 saturated heterocycles. The molecule has 178 valence electrons. The van der Waals surface area contributed by atoms with Crippen LogP contribution in [0.15, 0.2) is 34.1 Å². The van der Waals surface area contributed by atoms with Crippen molar-refractivity contribution in [2.24, 2.45) is 0 Å². The van der Waals surface area contributed by atoms with E-state index in [2.05, 4.69) is 15.2 Å². The molecule has 0 unspecified atom stereocenters. The van der Waals surface area contributed by atoms with E-state index >= 15 is 0 Å². The Morgan fingerprint density at radius 3 is 2.85 bits per heavy atom. The Hall–Kier alpha value is -2.36. The minimum Gasteiger partial charge on any atom is -0.497 e. The van der Waals surface area contributed by atoms with Crippen molar-refractivity contribution in [2.45, 2.75) is 43.7 Å². The number of hydrogen-bond acceptors (Lipinski definition) is 7. The number of fused-ring (bicyclic) bond motifs is 1. The van der Waals surface area contributed by atoms with Crippen LogP contribution in [0.25, 0.3) is 0 Å². The topological polar surface area (TPSA) is 85.7 Å². The van der Waals surface area contributed by atoms with Crippen LogP contribution >= 0.6 is 11.8 Å². The second kappa shape index (κ2) is 11.7. The number of ether oxygens (including phenoxy) is 2. The highest BCUT2D eigenvalue weighted by atomic mass is 32.2. The van der Waals surface area contributed by atoms with E-state index in [0.29, 0.717) is 23.0 Å². The molecule has 2 aromatic rings. The van der Waals surface area contributed by atoms with Crippen molar-refractivity contribution < 1.29 is 14.3 Å². The van der Waals surface area contributed by atoms with E-state index in [1.807, 2.05) is 22.8 Å². The Kier molecular flexibility index (Phi) is 8.41. The minimum atomic E-state index is -0.201. The summed E-state index contributed by atoms with van der Waals surface area (Å²) in [6, 6.07) is 7.26. The second-order valence-corrected chi connectivity index (χ2v) is 9.32. The molecule has 1 N–H and O–H groups in total. The van der Waals surface area contributed by atoms with E-state index in [9.17, 15) is 9.59 Å². The number of carbonyl (C=O) groups is 1. The van der Waals surface area contributed by atoms with Crippen molar-refractivity contribution in [3.8, 4) is 5.75 Å². The van der Waals surface area contributed by atoms with E-state index in [1.165, 1.54) is 11.8 Å². The third-order valence-corrected chi connectivity index (χ3v) is 7.12. The van der Waals surface area contributed by atoms with Crippen LogP contribution < -0.4 is 15.7 Å². The number of nitrogens with zero attached hydrogens (tertiary/aromatic N) is 3. The lowest BCUT2D eigenvalue weighted by molar-refractivity contribution is -0.113. The first-order valence-electron chi connectivity index (χ1n) is 11.6. The van der Waals surface area contributed by atoms with Gasteiger partial charge in [-0.3, -0.25) is 14.3 Å². The van der Waals surface area contributed by atoms with Gasteiger partial charge in [-0.1, -0.05) is 17.8 Å². The molecule has 4 rings (SSSR count). The van der Waals surface area contributed by atoms with E-state index < -0.39 is 0 Å². The van der Waals surface area contributed by atoms with E-state index in [4.69, 9.17) is 9.47 Å². The summed E-state index contributed by atoms with van der Waals surface area (Å²) in [5.41, 5.74) is 2.74. The number of nitrogens with one attached hydrogen (secondary N) is 1. The van der Waals surface area contributed by atoms with Gasteiger partial charge < -0.3 is 14.8 Å². The highest BCUT2D eigenvalue weighted by Crippen LogP contribution is 2.29. The van der Waals surface area contributed by atoms with Crippen LogP contribution in [0.3, 0.4) is 0 Å². The van der Waals surface area contributed by atoms with E-state index in [-0.39, 0.29) is 17.3 Å². The largest absolute Gasteiger partial charge is 0.497 e. The standard InChI is InChI=1S/C24H32N4O4S/c1-31-19-7-4-6-18(16-19)25-22(29)17-33-23-20-8-2-3-9-21(20)28(24(30)26-23)11-5-10-27-12-14-32-15-13-27/h4,6-7,16H,2-3,5,8-15,17H2,1H3,(H,25,29). The zero-order chi connectivity index (χ0) is 23.0. The maximum Gasteiger partial charge on any atom is 0.348 e. The van der Waals surface area contributed by atoms with Gasteiger partial charge in [0.1, 0.15) is 10.8 Å². The molecule has 33 heavy (non-hydrogen) atoms. The normalized spacial score (nSPS) is 16.3. The molecule has 0 atom stereocenters. The van der Waals surface area contributed by atoms with E-state index in [1.54, 1.807) is 13.2 Å². The van der Waals surface area contributed by atoms with Crippen LogP contribution in [0.5, 0.6) is 5.75 Å². The number of thioether (sulfide) groups is 1. The van der Waals surface area contributed by atoms with Crippen molar-refractivity contribution >= 4 is 23.4 Å². The Balaban J connectivity index is 1.40. The van der Waals surface area contributed by atoms with Gasteiger partial charge in [0, 0.05) is 49.2 Å². The Morgan fingerprint density at radius 2 is 2.03 bits per heavy atom. The lowest BCUT2D eigenvalue weighted by Gasteiger charge is -2.27. The number of morpholine rings is 1. The van der Waals surface area contributed by atoms with Crippen LogP contribution in [0.1, 0.15) is 30.5 Å². The fourth-order valence-corrected chi connectivity index (χ4v) is 5.28. The molecule has 1 aromatic heterocycles. The quantitative estimate of drug-likeness (QED) is 0.443. The predicted molar refractivity (Wildman–Crippen MR) is 129 cm³/mol. The average molecular weight is 473 g/mol. The zero-order valence-corrected chi connectivity index (χ0v) is 20.0. The predicted octanol–water partition coefficient (Wildman–Crippen LogP) is 2.58. The summed E-state index contributed by atoms with van der Waals surface area (Å²) in [4.78, 5) is 32.2. The molecule has 1 fully saturated rings. The van der Waals surface area contributed by atoms with Crippen molar-refractivity contribution in [3.05, 3.63) is 46.0 Å². The number of carbonyl (C=O) groups excluding carboxylic acids is 1. The lowest BCUT2D eigenvalue weighted by Crippen LogP contribution is -2.38. The van der Waals surface area contributed by atoms with Gasteiger partial charge in [0.2, 0.25) is 5.91 Å². The van der Waals surface area contributed by atoms with Gasteiger partial charge >= 0.3 is 5.69 Å². The first-order chi connectivity index (χ1) is 16.1. The summed E-state index contributed by atoms with van der Waals surface area (Å²) in [5, 5.41) is 3.60. The molecule has 1 amide bonds. The van der Waals surface area contributed by atoms with Crippen LogP contribution in [0.4, 0.5) is 5.69 Å². The summed E-state index contributed by atoms with van der Waals surface area (Å²) < 4.78 is 12.5. The number of anilines is 1. The number of aromatic nitrogens is 2. The van der Waals surface area contributed by atoms with Crippen molar-refractivity contribution in [2.75, 3.05) is 51.0 Å². The van der Waals surface area contributed by atoms with Gasteiger partial charge in [0.05, 0.1) is 26.1 Å². The minimum absolute atomic E-state index is 0.130. The summed E-state index contributed by atoms with van der Waals surface area (Å²) in [6.07, 6.45) is 4.90. The molecule has 0 radical (unpaired) electrons. The zero-order valence-electron chi connectivity index (χ0n) is 19.2. The Labute approximate surface area is 198 Å². The molecule has 1 aliphatic carbocycles. The number of benzene rings is 1. The summed E-state index contributed by atoms with van der Waals surface area (Å²) in [6.45, 7) is 5.14. The molecule has 8 nitrogen and oxygen atoms in total. The maximum atomic E-state index is 12.9. The van der Waals surface area contributed by atoms with E-state index in [0.717, 1.165) is 76.2 Å². The van der Waals surface area contributed by atoms with Gasteiger partial charge in [0.25, 0.3) is 0 Å². The molecule has 9 heteroatoms. The molecule has 1 aliphatic heterocycles. The summed E-state index contributed by atoms with van der Waals surface area (Å²) >= 11 is 1.35. The fourth-order valence-electron chi connectivity index (χ4n) is 4.41. The SMILES string of the molecule is COc1cccc(NC(=O)CSc2nc(=O)n(CCCN3CCOCC3)c3c2CCCC3)c1. The van der Waals surface area contributed by atoms with Gasteiger partial charge in [-0.25, -0.2) is 4.79 Å². The molecule has 0 bridgehead atoms. The third-order valence-electron chi connectivity index (χ3n) is 6.10. The average Bonchev–Trinajstić information content (AvgIpc) is 2.85. The molecule has 2 heterocycles. The van der Waals surface area contributed by atoms with Crippen LogP contribution in [0.2, 0.25) is 0 Å². The van der Waals surface area contributed by atoms with Crippen LogP contribution in [-0.2, 0) is 28.9 Å². The van der Waals surface area contributed by atoms with Crippen molar-refractivity contribution in [1.82, 2.24) is 14.5 Å². The number of amides is 1. The summed E-state index contributed by atoms with van der Waals surface area (Å²) in [5.74, 6) is 0.764. The Morgan fingerprint density at radius 1 is 1.21 bits per heavy atom. The number of rotatable bonds is 9. The smallest absolute Gasteiger partial charge is 0.348 e. The Bertz CT molecular complexity index is 1020. The molecule has 0 saturated carbocycles. The number of hydrogen-bond donors (Lipinski definition) is 1. The number of methoxy groups -OCH3 is 1. The monoisotopic (exact) mass is 472 g/mol. The first-order valence-corrected chi connectivity index (χ1v) is 12.6. The highest BCUT2D eigenvalue weighted by Gasteiger charge is 2.21.